The van der Waals surface area contributed by atoms with Gasteiger partial charge in [-0.3, -0.25) is 4.79 Å². The Balaban J connectivity index is 2.32. The summed E-state index contributed by atoms with van der Waals surface area (Å²) in [4.78, 5) is 16.4. The first-order chi connectivity index (χ1) is 10.1. The number of pyridine rings is 1. The average molecular weight is 305 g/mol. The summed E-state index contributed by atoms with van der Waals surface area (Å²) in [5, 5.41) is 12.0. The highest BCUT2D eigenvalue weighted by atomic mass is 35.5. The molecule has 21 heavy (non-hydrogen) atoms. The standard InChI is InChI=1S/C16H17ClN2O2/c1-11(10-20)9-19-16(21)14-13(7-8-18-15(14)17)12-5-3-2-4-6-12/h2-8,11,20H,9-10H2,1H3,(H,19,21)/t11-/m1/s1. The number of aromatic nitrogens is 1. The monoisotopic (exact) mass is 304 g/mol. The molecule has 1 aromatic heterocycles. The van der Waals surface area contributed by atoms with Gasteiger partial charge in [0.1, 0.15) is 5.15 Å². The van der Waals surface area contributed by atoms with Gasteiger partial charge in [0.25, 0.3) is 5.91 Å². The van der Waals surface area contributed by atoms with Crippen LogP contribution in [-0.4, -0.2) is 29.1 Å². The molecule has 0 saturated heterocycles. The topological polar surface area (TPSA) is 62.2 Å². The number of rotatable bonds is 5. The van der Waals surface area contributed by atoms with Crippen molar-refractivity contribution in [2.24, 2.45) is 5.92 Å². The van der Waals surface area contributed by atoms with Crippen molar-refractivity contribution in [3.63, 3.8) is 0 Å². The molecule has 0 saturated carbocycles. The van der Waals surface area contributed by atoms with E-state index in [9.17, 15) is 4.79 Å². The lowest BCUT2D eigenvalue weighted by molar-refractivity contribution is 0.0943. The van der Waals surface area contributed by atoms with Crippen LogP contribution in [0.25, 0.3) is 11.1 Å². The number of aliphatic hydroxyl groups excluding tert-OH is 1. The lowest BCUT2D eigenvalue weighted by atomic mass is 10.0. The van der Waals surface area contributed by atoms with Gasteiger partial charge in [0, 0.05) is 19.3 Å². The molecular formula is C16H17ClN2O2. The van der Waals surface area contributed by atoms with Crippen LogP contribution >= 0.6 is 11.6 Å². The van der Waals surface area contributed by atoms with E-state index < -0.39 is 0 Å². The molecule has 110 valence electrons. The summed E-state index contributed by atoms with van der Waals surface area (Å²) in [5.74, 6) is -0.295. The van der Waals surface area contributed by atoms with Crippen molar-refractivity contribution in [2.75, 3.05) is 13.2 Å². The van der Waals surface area contributed by atoms with Gasteiger partial charge in [0.05, 0.1) is 5.56 Å². The molecule has 0 spiro atoms. The van der Waals surface area contributed by atoms with E-state index in [4.69, 9.17) is 16.7 Å². The van der Waals surface area contributed by atoms with Crippen LogP contribution in [0.4, 0.5) is 0 Å². The number of amides is 1. The van der Waals surface area contributed by atoms with E-state index in [1.807, 2.05) is 37.3 Å². The van der Waals surface area contributed by atoms with Crippen LogP contribution in [0.2, 0.25) is 5.15 Å². The third-order valence-electron chi connectivity index (χ3n) is 3.14. The van der Waals surface area contributed by atoms with Gasteiger partial charge in [-0.2, -0.15) is 0 Å². The Kier molecular flexibility index (Phi) is 5.31. The highest BCUT2D eigenvalue weighted by molar-refractivity contribution is 6.33. The maximum Gasteiger partial charge on any atom is 0.255 e. The number of halogens is 1. The maximum atomic E-state index is 12.4. The number of carbonyl (C=O) groups is 1. The van der Waals surface area contributed by atoms with Gasteiger partial charge in [0.15, 0.2) is 0 Å². The Labute approximate surface area is 128 Å². The van der Waals surface area contributed by atoms with Crippen LogP contribution in [-0.2, 0) is 0 Å². The van der Waals surface area contributed by atoms with E-state index >= 15 is 0 Å². The van der Waals surface area contributed by atoms with Crippen molar-refractivity contribution in [3.8, 4) is 11.1 Å². The fraction of sp³-hybridized carbons (Fsp3) is 0.250. The number of benzene rings is 1. The van der Waals surface area contributed by atoms with Gasteiger partial charge >= 0.3 is 0 Å². The molecular weight excluding hydrogens is 288 g/mol. The molecule has 1 aromatic carbocycles. The third kappa shape index (κ3) is 3.80. The quantitative estimate of drug-likeness (QED) is 0.835. The molecule has 5 heteroatoms. The molecule has 0 unspecified atom stereocenters. The zero-order valence-corrected chi connectivity index (χ0v) is 12.5. The highest BCUT2D eigenvalue weighted by Gasteiger charge is 2.18. The van der Waals surface area contributed by atoms with E-state index in [0.717, 1.165) is 11.1 Å². The first-order valence-corrected chi connectivity index (χ1v) is 7.10. The van der Waals surface area contributed by atoms with Crippen molar-refractivity contribution in [3.05, 3.63) is 53.3 Å². The number of aliphatic hydroxyl groups is 1. The summed E-state index contributed by atoms with van der Waals surface area (Å²) >= 11 is 6.10. The smallest absolute Gasteiger partial charge is 0.255 e. The minimum absolute atomic E-state index is 0.00966. The fourth-order valence-corrected chi connectivity index (χ4v) is 2.17. The predicted molar refractivity (Wildman–Crippen MR) is 83.3 cm³/mol. The Morgan fingerprint density at radius 1 is 1.33 bits per heavy atom. The first-order valence-electron chi connectivity index (χ1n) is 6.72. The van der Waals surface area contributed by atoms with E-state index in [1.165, 1.54) is 0 Å². The molecule has 0 aliphatic heterocycles. The first kappa shape index (κ1) is 15.5. The number of carbonyl (C=O) groups excluding carboxylic acids is 1. The number of nitrogens with one attached hydrogen (secondary N) is 1. The van der Waals surface area contributed by atoms with E-state index in [1.54, 1.807) is 12.3 Å². The number of nitrogens with zero attached hydrogens (tertiary/aromatic N) is 1. The minimum atomic E-state index is -0.285. The van der Waals surface area contributed by atoms with Crippen molar-refractivity contribution in [1.82, 2.24) is 10.3 Å². The zero-order chi connectivity index (χ0) is 15.2. The lowest BCUT2D eigenvalue weighted by Crippen LogP contribution is -2.30. The summed E-state index contributed by atoms with van der Waals surface area (Å²) in [6.07, 6.45) is 1.58. The molecule has 0 bridgehead atoms. The van der Waals surface area contributed by atoms with Crippen LogP contribution in [0.5, 0.6) is 0 Å². The molecule has 2 rings (SSSR count). The van der Waals surface area contributed by atoms with Crippen LogP contribution in [0.1, 0.15) is 17.3 Å². The van der Waals surface area contributed by atoms with E-state index in [0.29, 0.717) is 12.1 Å². The van der Waals surface area contributed by atoms with Crippen molar-refractivity contribution < 1.29 is 9.90 Å². The van der Waals surface area contributed by atoms with Gasteiger partial charge in [-0.1, -0.05) is 48.9 Å². The molecule has 1 amide bonds. The van der Waals surface area contributed by atoms with Crippen LogP contribution in [0.15, 0.2) is 42.6 Å². The van der Waals surface area contributed by atoms with E-state index in [-0.39, 0.29) is 23.6 Å². The van der Waals surface area contributed by atoms with E-state index in [2.05, 4.69) is 10.3 Å². The van der Waals surface area contributed by atoms with Gasteiger partial charge in [-0.25, -0.2) is 4.98 Å². The molecule has 4 nitrogen and oxygen atoms in total. The number of hydrogen-bond acceptors (Lipinski definition) is 3. The average Bonchev–Trinajstić information content (AvgIpc) is 2.52. The second-order valence-corrected chi connectivity index (χ2v) is 5.25. The molecule has 0 radical (unpaired) electrons. The Bertz CT molecular complexity index is 617. The van der Waals surface area contributed by atoms with Gasteiger partial charge < -0.3 is 10.4 Å². The summed E-state index contributed by atoms with van der Waals surface area (Å²) < 4.78 is 0. The molecule has 1 heterocycles. The normalized spacial score (nSPS) is 12.0. The number of hydrogen-bond donors (Lipinski definition) is 2. The Hall–Kier alpha value is -1.91. The van der Waals surface area contributed by atoms with Gasteiger partial charge in [-0.05, 0) is 23.1 Å². The summed E-state index contributed by atoms with van der Waals surface area (Å²) in [6.45, 7) is 2.25. The van der Waals surface area contributed by atoms with Gasteiger partial charge in [0.2, 0.25) is 0 Å². The summed E-state index contributed by atoms with van der Waals surface area (Å²) in [7, 11) is 0. The summed E-state index contributed by atoms with van der Waals surface area (Å²) in [5.41, 5.74) is 2.00. The second kappa shape index (κ2) is 7.20. The molecule has 1 atom stereocenters. The van der Waals surface area contributed by atoms with Crippen molar-refractivity contribution in [1.29, 1.82) is 0 Å². The van der Waals surface area contributed by atoms with Crippen LogP contribution in [0, 0.1) is 5.92 Å². The fourth-order valence-electron chi connectivity index (χ4n) is 1.93. The largest absolute Gasteiger partial charge is 0.396 e. The zero-order valence-electron chi connectivity index (χ0n) is 11.7. The summed E-state index contributed by atoms with van der Waals surface area (Å²) in [6, 6.07) is 11.3. The second-order valence-electron chi connectivity index (χ2n) is 4.89. The molecule has 2 aromatic rings. The highest BCUT2D eigenvalue weighted by Crippen LogP contribution is 2.27. The van der Waals surface area contributed by atoms with Crippen LogP contribution < -0.4 is 5.32 Å². The SMILES string of the molecule is C[C@@H](CO)CNC(=O)c1c(-c2ccccc2)ccnc1Cl. The predicted octanol–water partition coefficient (Wildman–Crippen LogP) is 2.76. The van der Waals surface area contributed by atoms with Crippen LogP contribution in [0.3, 0.4) is 0 Å². The lowest BCUT2D eigenvalue weighted by Gasteiger charge is -2.13. The Morgan fingerprint density at radius 3 is 2.71 bits per heavy atom. The molecule has 0 aliphatic rings. The molecule has 0 fully saturated rings. The minimum Gasteiger partial charge on any atom is -0.396 e. The molecule has 0 aliphatic carbocycles. The maximum absolute atomic E-state index is 12.4. The van der Waals surface area contributed by atoms with Crippen molar-refractivity contribution >= 4 is 17.5 Å². The third-order valence-corrected chi connectivity index (χ3v) is 3.43. The van der Waals surface area contributed by atoms with Gasteiger partial charge in [-0.15, -0.1) is 0 Å². The Morgan fingerprint density at radius 2 is 2.05 bits per heavy atom. The molecule has 2 N–H and O–H groups in total. The van der Waals surface area contributed by atoms with Crippen molar-refractivity contribution in [2.45, 2.75) is 6.92 Å².